The Morgan fingerprint density at radius 3 is 1.09 bits per heavy atom. The fourth-order valence-corrected chi connectivity index (χ4v) is 6.95. The number of benzene rings is 2. The molecule has 7 nitrogen and oxygen atoms in total. The Labute approximate surface area is 362 Å². The summed E-state index contributed by atoms with van der Waals surface area (Å²) in [5.41, 5.74) is 4.13. The third-order valence-corrected chi connectivity index (χ3v) is 10.6. The Bertz CT molecular complexity index is 2210. The molecule has 0 amide bonds. The fraction of sp³-hybridized carbons (Fsp3) is 0.340. The highest BCUT2D eigenvalue weighted by Crippen LogP contribution is 2.43. The van der Waals surface area contributed by atoms with E-state index in [-0.39, 0.29) is 11.6 Å². The molecular weight excluding hydrogens is 808 g/mol. The third-order valence-electron chi connectivity index (χ3n) is 9.52. The lowest BCUT2D eigenvalue weighted by atomic mass is 9.71. The van der Waals surface area contributed by atoms with Crippen molar-refractivity contribution >= 4 is 80.7 Å². The van der Waals surface area contributed by atoms with Crippen molar-refractivity contribution in [2.24, 2.45) is 42.1 Å². The largest absolute Gasteiger partial charge is 0.289 e. The summed E-state index contributed by atoms with van der Waals surface area (Å²) >= 11 is 25.8. The average Bonchev–Trinajstić information content (AvgIpc) is 3.10. The van der Waals surface area contributed by atoms with Gasteiger partial charge in [-0.25, -0.2) is 4.98 Å². The number of azo groups is 2. The van der Waals surface area contributed by atoms with Crippen LogP contribution in [0, 0.1) is 21.7 Å². The number of nitrogens with zero attached hydrogens (tertiary/aromatic N) is 5. The Morgan fingerprint density at radius 2 is 0.793 bits per heavy atom. The Kier molecular flexibility index (Phi) is 13.0. The van der Waals surface area contributed by atoms with Gasteiger partial charge < -0.3 is 0 Å². The van der Waals surface area contributed by atoms with Gasteiger partial charge in [0, 0.05) is 43.5 Å². The fourth-order valence-electron chi connectivity index (χ4n) is 6.30. The van der Waals surface area contributed by atoms with Gasteiger partial charge in [-0.05, 0) is 94.5 Å². The normalized spacial score (nSPS) is 15.9. The lowest BCUT2D eigenvalue weighted by Gasteiger charge is -2.31. The van der Waals surface area contributed by atoms with Crippen LogP contribution in [0.2, 0.25) is 20.1 Å². The van der Waals surface area contributed by atoms with E-state index < -0.39 is 21.7 Å². The van der Waals surface area contributed by atoms with Gasteiger partial charge in [0.1, 0.15) is 22.8 Å². The second-order valence-corrected chi connectivity index (χ2v) is 20.2. The maximum atomic E-state index is 14.0. The number of aromatic nitrogens is 1. The predicted octanol–water partition coefficient (Wildman–Crippen LogP) is 15.7. The zero-order valence-electron chi connectivity index (χ0n) is 35.1. The minimum atomic E-state index is -0.493. The first-order chi connectivity index (χ1) is 26.8. The van der Waals surface area contributed by atoms with Gasteiger partial charge in [-0.15, -0.1) is 20.5 Å². The van der Waals surface area contributed by atoms with Gasteiger partial charge in [0.15, 0.2) is 11.6 Å². The van der Waals surface area contributed by atoms with Crippen LogP contribution >= 0.6 is 46.4 Å². The molecule has 3 aromatic rings. The molecular formula is C47H49Cl4N5O2. The van der Waals surface area contributed by atoms with Gasteiger partial charge in [0.25, 0.3) is 0 Å². The van der Waals surface area contributed by atoms with Crippen LogP contribution in [0.25, 0.3) is 11.4 Å². The summed E-state index contributed by atoms with van der Waals surface area (Å²) in [5, 5.41) is 20.4. The van der Waals surface area contributed by atoms with Crippen molar-refractivity contribution in [1.82, 2.24) is 4.98 Å². The predicted molar refractivity (Wildman–Crippen MR) is 240 cm³/mol. The van der Waals surface area contributed by atoms with Crippen molar-refractivity contribution in [2.45, 2.75) is 83.1 Å². The summed E-state index contributed by atoms with van der Waals surface area (Å²) in [6, 6.07) is 15.4. The lowest BCUT2D eigenvalue weighted by molar-refractivity contribution is -0.114. The molecule has 2 aliphatic rings. The summed E-state index contributed by atoms with van der Waals surface area (Å²) in [4.78, 5) is 33.2. The first-order valence-corrected chi connectivity index (χ1v) is 20.4. The smallest absolute Gasteiger partial charge is 0.186 e. The molecule has 0 aliphatic heterocycles. The molecule has 1 heterocycles. The zero-order valence-corrected chi connectivity index (χ0v) is 38.1. The molecule has 1 aromatic heterocycles. The number of allylic oxidation sites excluding steroid dienone is 10. The van der Waals surface area contributed by atoms with E-state index in [1.165, 1.54) is 0 Å². The number of halogens is 4. The first kappa shape index (κ1) is 44.8. The van der Waals surface area contributed by atoms with Crippen molar-refractivity contribution in [3.8, 4) is 0 Å². The molecule has 0 atom stereocenters. The maximum absolute atomic E-state index is 14.0. The molecule has 0 saturated carbocycles. The van der Waals surface area contributed by atoms with E-state index in [0.717, 1.165) is 0 Å². The molecule has 2 aromatic carbocycles. The maximum Gasteiger partial charge on any atom is 0.186 e. The van der Waals surface area contributed by atoms with Gasteiger partial charge in [0.2, 0.25) is 0 Å². The van der Waals surface area contributed by atoms with Crippen LogP contribution in [0.4, 0.5) is 11.4 Å². The monoisotopic (exact) mass is 855 g/mol. The summed E-state index contributed by atoms with van der Waals surface area (Å²) in [5.74, 6) is -0.0528. The summed E-state index contributed by atoms with van der Waals surface area (Å²) in [6.07, 6.45) is 7.46. The minimum Gasteiger partial charge on any atom is -0.289 e. The van der Waals surface area contributed by atoms with Crippen LogP contribution in [-0.2, 0) is 9.59 Å². The standard InChI is InChI=1S/C47H49Cl4N5O2/c1-44(2,3)30-20-26(21-31(42(30)57)45(4,5)6)40(55-53-38-24-28(48)16-18-34(38)50)36-14-13-15-37(52-36)41(56-54-39-25-29(49)17-19-35(39)51)27-22-32(46(7,8)9)43(58)33(23-27)47(10,11)12/h13-25H,1-12H3/b55-53+,56-54+. The molecule has 302 valence electrons. The molecule has 0 spiro atoms. The highest BCUT2D eigenvalue weighted by atomic mass is 35.5. The molecule has 0 saturated heterocycles. The molecule has 11 heteroatoms. The minimum absolute atomic E-state index is 0.0264. The Morgan fingerprint density at radius 1 is 0.483 bits per heavy atom. The van der Waals surface area contributed by atoms with Gasteiger partial charge in [-0.2, -0.15) is 0 Å². The van der Waals surface area contributed by atoms with E-state index in [1.54, 1.807) is 36.4 Å². The molecule has 0 unspecified atom stereocenters. The Balaban J connectivity index is 1.89. The van der Waals surface area contributed by atoms with E-state index in [9.17, 15) is 9.59 Å². The van der Waals surface area contributed by atoms with Crippen molar-refractivity contribution in [3.63, 3.8) is 0 Å². The first-order valence-electron chi connectivity index (χ1n) is 18.9. The molecule has 2 aliphatic carbocycles. The van der Waals surface area contributed by atoms with Crippen LogP contribution < -0.4 is 0 Å². The summed E-state index contributed by atoms with van der Waals surface area (Å²) in [6.45, 7) is 24.1. The molecule has 0 bridgehead atoms. The number of pyridine rings is 1. The van der Waals surface area contributed by atoms with Crippen molar-refractivity contribution < 1.29 is 9.59 Å². The molecule has 5 rings (SSSR count). The zero-order chi connectivity index (χ0) is 43.1. The van der Waals surface area contributed by atoms with Gasteiger partial charge >= 0.3 is 0 Å². The second-order valence-electron chi connectivity index (χ2n) is 18.5. The Hall–Kier alpha value is -4.27. The second kappa shape index (κ2) is 16.8. The van der Waals surface area contributed by atoms with Crippen LogP contribution in [-0.4, -0.2) is 16.6 Å². The van der Waals surface area contributed by atoms with Crippen molar-refractivity contribution in [2.75, 3.05) is 0 Å². The van der Waals surface area contributed by atoms with Crippen molar-refractivity contribution in [3.05, 3.63) is 144 Å². The number of hydrogen-bond donors (Lipinski definition) is 0. The SMILES string of the molecule is CC(C)(C)C1=CC(=C(/N=N/c2cc(Cl)ccc2Cl)c2cccc(C(/N=N/c3cc(Cl)ccc3Cl)=C3C=C(C(C)(C)C)C(=O)C(C(C)(C)C)=C3)n2)C=C(C(C)(C)C)C1=O. The van der Waals surface area contributed by atoms with E-state index >= 15 is 0 Å². The summed E-state index contributed by atoms with van der Waals surface area (Å²) < 4.78 is 0. The number of hydrogen-bond acceptors (Lipinski definition) is 7. The topological polar surface area (TPSA) is 96.5 Å². The molecule has 0 fully saturated rings. The van der Waals surface area contributed by atoms with E-state index in [2.05, 4.69) is 10.2 Å². The van der Waals surface area contributed by atoms with Crippen LogP contribution in [0.15, 0.2) is 133 Å². The number of carbonyl (C=O) groups is 2. The molecule has 0 radical (unpaired) electrons. The number of rotatable bonds is 6. The lowest BCUT2D eigenvalue weighted by Crippen LogP contribution is -2.28. The van der Waals surface area contributed by atoms with E-state index in [1.807, 2.05) is 126 Å². The van der Waals surface area contributed by atoms with Gasteiger partial charge in [0.05, 0.1) is 21.4 Å². The number of carbonyl (C=O) groups excluding carboxylic acids is 2. The van der Waals surface area contributed by atoms with Crippen LogP contribution in [0.5, 0.6) is 0 Å². The van der Waals surface area contributed by atoms with Crippen LogP contribution in [0.1, 0.15) is 94.5 Å². The summed E-state index contributed by atoms with van der Waals surface area (Å²) in [7, 11) is 0. The number of Topliss-reactive ketones (excluding diaryl/α,β-unsaturated/α-hetero) is 2. The quantitative estimate of drug-likeness (QED) is 0.231. The third kappa shape index (κ3) is 10.3. The van der Waals surface area contributed by atoms with Crippen LogP contribution in [0.3, 0.4) is 0 Å². The van der Waals surface area contributed by atoms with E-state index in [0.29, 0.717) is 87.7 Å². The highest BCUT2D eigenvalue weighted by molar-refractivity contribution is 6.35. The van der Waals surface area contributed by atoms with Gasteiger partial charge in [-0.3, -0.25) is 9.59 Å². The molecule has 58 heavy (non-hydrogen) atoms. The average molecular weight is 858 g/mol. The van der Waals surface area contributed by atoms with E-state index in [4.69, 9.17) is 61.6 Å². The highest BCUT2D eigenvalue weighted by Gasteiger charge is 2.36. The number of ketones is 2. The van der Waals surface area contributed by atoms with Crippen molar-refractivity contribution in [1.29, 1.82) is 0 Å². The molecule has 0 N–H and O–H groups in total. The van der Waals surface area contributed by atoms with Gasteiger partial charge in [-0.1, -0.05) is 136 Å².